The number of carbonyl (C=O) groups excluding carboxylic acids is 1. The number of nitrogens with one attached hydrogen (secondary N) is 1. The average Bonchev–Trinajstić information content (AvgIpc) is 2.29. The monoisotopic (exact) mass is 262 g/mol. The maximum absolute atomic E-state index is 11.6. The van der Waals surface area contributed by atoms with Crippen molar-refractivity contribution >= 4 is 5.91 Å². The van der Waals surface area contributed by atoms with Crippen molar-refractivity contribution in [1.29, 1.82) is 0 Å². The number of hydrogen-bond acceptors (Lipinski definition) is 2. The van der Waals surface area contributed by atoms with Gasteiger partial charge in [0.05, 0.1) is 5.54 Å². The molecule has 19 heavy (non-hydrogen) atoms. The minimum atomic E-state index is -0.804. The molecular formula is C16H26N2O. The zero-order valence-corrected chi connectivity index (χ0v) is 12.5. The Labute approximate surface area is 116 Å². The molecule has 1 rings (SSSR count). The largest absolute Gasteiger partial charge is 0.354 e. The molecule has 0 saturated heterocycles. The Kier molecular flexibility index (Phi) is 5.55. The third-order valence-electron chi connectivity index (χ3n) is 2.95. The lowest BCUT2D eigenvalue weighted by Crippen LogP contribution is -2.49. The standard InChI is InChI=1S/C16H26N2O/c1-12(2)11-14-7-5-13(6-8-14)9-10-18-15(19)16(3,4)17/h5-8,12H,9-11,17H2,1-4H3,(H,18,19). The highest BCUT2D eigenvalue weighted by molar-refractivity contribution is 5.84. The van der Waals surface area contributed by atoms with E-state index in [1.165, 1.54) is 11.1 Å². The molecule has 1 amide bonds. The van der Waals surface area contributed by atoms with Crippen LogP contribution >= 0.6 is 0 Å². The highest BCUT2D eigenvalue weighted by Crippen LogP contribution is 2.10. The molecule has 0 atom stereocenters. The first-order chi connectivity index (χ1) is 8.79. The van der Waals surface area contributed by atoms with Gasteiger partial charge < -0.3 is 11.1 Å². The molecule has 3 N–H and O–H groups in total. The van der Waals surface area contributed by atoms with Crippen molar-refractivity contribution in [3.8, 4) is 0 Å². The van der Waals surface area contributed by atoms with E-state index in [4.69, 9.17) is 5.73 Å². The number of nitrogens with two attached hydrogens (primary N) is 1. The maximum Gasteiger partial charge on any atom is 0.239 e. The van der Waals surface area contributed by atoms with E-state index in [2.05, 4.69) is 43.4 Å². The van der Waals surface area contributed by atoms with Crippen LogP contribution in [0.15, 0.2) is 24.3 Å². The Bertz CT molecular complexity index is 402. The van der Waals surface area contributed by atoms with E-state index in [9.17, 15) is 4.79 Å². The summed E-state index contributed by atoms with van der Waals surface area (Å²) in [7, 11) is 0. The Morgan fingerprint density at radius 3 is 2.21 bits per heavy atom. The number of rotatable bonds is 6. The Hall–Kier alpha value is -1.35. The molecule has 0 aliphatic carbocycles. The summed E-state index contributed by atoms with van der Waals surface area (Å²) in [5.41, 5.74) is 7.51. The van der Waals surface area contributed by atoms with Crippen LogP contribution in [-0.2, 0) is 17.6 Å². The zero-order valence-electron chi connectivity index (χ0n) is 12.5. The fourth-order valence-corrected chi connectivity index (χ4v) is 1.86. The molecule has 3 heteroatoms. The lowest BCUT2D eigenvalue weighted by atomic mass is 10.0. The van der Waals surface area contributed by atoms with Crippen molar-refractivity contribution < 1.29 is 4.79 Å². The molecule has 0 bridgehead atoms. The first-order valence-corrected chi connectivity index (χ1v) is 6.94. The van der Waals surface area contributed by atoms with Crippen molar-refractivity contribution in [1.82, 2.24) is 5.32 Å². The third kappa shape index (κ3) is 5.88. The first-order valence-electron chi connectivity index (χ1n) is 6.94. The van der Waals surface area contributed by atoms with Gasteiger partial charge in [0.2, 0.25) is 5.91 Å². The molecule has 0 aromatic heterocycles. The molecule has 106 valence electrons. The summed E-state index contributed by atoms with van der Waals surface area (Å²) >= 11 is 0. The number of amides is 1. The van der Waals surface area contributed by atoms with Crippen molar-refractivity contribution in [3.05, 3.63) is 35.4 Å². The molecule has 0 saturated carbocycles. The van der Waals surface area contributed by atoms with E-state index >= 15 is 0 Å². The van der Waals surface area contributed by atoms with Crippen LogP contribution in [0.4, 0.5) is 0 Å². The molecule has 0 fully saturated rings. The molecule has 0 heterocycles. The number of benzene rings is 1. The minimum absolute atomic E-state index is 0.107. The number of carbonyl (C=O) groups is 1. The first kappa shape index (κ1) is 15.7. The topological polar surface area (TPSA) is 55.1 Å². The Morgan fingerprint density at radius 1 is 1.21 bits per heavy atom. The summed E-state index contributed by atoms with van der Waals surface area (Å²) in [5.74, 6) is 0.570. The molecule has 1 aromatic carbocycles. The SMILES string of the molecule is CC(C)Cc1ccc(CCNC(=O)C(C)(C)N)cc1. The van der Waals surface area contributed by atoms with Gasteiger partial charge in [-0.1, -0.05) is 38.1 Å². The Balaban J connectivity index is 2.40. The average molecular weight is 262 g/mol. The smallest absolute Gasteiger partial charge is 0.239 e. The molecule has 0 unspecified atom stereocenters. The molecule has 0 aliphatic heterocycles. The molecule has 0 radical (unpaired) electrons. The third-order valence-corrected chi connectivity index (χ3v) is 2.95. The van der Waals surface area contributed by atoms with E-state index in [0.29, 0.717) is 12.5 Å². The van der Waals surface area contributed by atoms with Crippen molar-refractivity contribution in [2.24, 2.45) is 11.7 Å². The van der Waals surface area contributed by atoms with Gasteiger partial charge in [0.1, 0.15) is 0 Å². The molecule has 0 aliphatic rings. The van der Waals surface area contributed by atoms with Gasteiger partial charge in [-0.3, -0.25) is 4.79 Å². The van der Waals surface area contributed by atoms with Gasteiger partial charge in [-0.05, 0) is 43.7 Å². The van der Waals surface area contributed by atoms with Gasteiger partial charge in [0, 0.05) is 6.54 Å². The number of hydrogen-bond donors (Lipinski definition) is 2. The van der Waals surface area contributed by atoms with Gasteiger partial charge in [-0.25, -0.2) is 0 Å². The van der Waals surface area contributed by atoms with Crippen LogP contribution in [0.25, 0.3) is 0 Å². The second-order valence-electron chi connectivity index (χ2n) is 6.14. The predicted octanol–water partition coefficient (Wildman–Crippen LogP) is 2.28. The maximum atomic E-state index is 11.6. The van der Waals surface area contributed by atoms with Crippen molar-refractivity contribution in [2.45, 2.75) is 46.1 Å². The Morgan fingerprint density at radius 2 is 1.74 bits per heavy atom. The summed E-state index contributed by atoms with van der Waals surface area (Å²) in [5, 5.41) is 2.85. The fourth-order valence-electron chi connectivity index (χ4n) is 1.86. The van der Waals surface area contributed by atoms with Crippen molar-refractivity contribution in [2.75, 3.05) is 6.54 Å². The van der Waals surface area contributed by atoms with Crippen LogP contribution in [0.2, 0.25) is 0 Å². The van der Waals surface area contributed by atoms with Gasteiger partial charge in [0.15, 0.2) is 0 Å². The van der Waals surface area contributed by atoms with Gasteiger partial charge in [0.25, 0.3) is 0 Å². The van der Waals surface area contributed by atoms with Gasteiger partial charge >= 0.3 is 0 Å². The quantitative estimate of drug-likeness (QED) is 0.826. The van der Waals surface area contributed by atoms with E-state index in [-0.39, 0.29) is 5.91 Å². The molecule has 3 nitrogen and oxygen atoms in total. The highest BCUT2D eigenvalue weighted by Gasteiger charge is 2.20. The zero-order chi connectivity index (χ0) is 14.5. The van der Waals surface area contributed by atoms with Gasteiger partial charge in [-0.2, -0.15) is 0 Å². The molecule has 0 spiro atoms. The lowest BCUT2D eigenvalue weighted by molar-refractivity contribution is -0.125. The second-order valence-corrected chi connectivity index (χ2v) is 6.14. The highest BCUT2D eigenvalue weighted by atomic mass is 16.2. The minimum Gasteiger partial charge on any atom is -0.354 e. The van der Waals surface area contributed by atoms with E-state index in [0.717, 1.165) is 12.8 Å². The normalized spacial score (nSPS) is 11.7. The van der Waals surface area contributed by atoms with Crippen LogP contribution in [0.3, 0.4) is 0 Å². The summed E-state index contributed by atoms with van der Waals surface area (Å²) in [6, 6.07) is 8.61. The van der Waals surface area contributed by atoms with E-state index < -0.39 is 5.54 Å². The second kappa shape index (κ2) is 6.71. The van der Waals surface area contributed by atoms with Crippen molar-refractivity contribution in [3.63, 3.8) is 0 Å². The lowest BCUT2D eigenvalue weighted by Gasteiger charge is -2.17. The van der Waals surface area contributed by atoms with Crippen LogP contribution in [0.5, 0.6) is 0 Å². The fraction of sp³-hybridized carbons (Fsp3) is 0.562. The van der Waals surface area contributed by atoms with Crippen LogP contribution in [0, 0.1) is 5.92 Å². The molecule has 1 aromatic rings. The van der Waals surface area contributed by atoms with Crippen LogP contribution < -0.4 is 11.1 Å². The summed E-state index contributed by atoms with van der Waals surface area (Å²) in [4.78, 5) is 11.6. The summed E-state index contributed by atoms with van der Waals surface area (Å²) < 4.78 is 0. The summed E-state index contributed by atoms with van der Waals surface area (Å²) in [6.07, 6.45) is 1.95. The van der Waals surface area contributed by atoms with E-state index in [1.54, 1.807) is 13.8 Å². The predicted molar refractivity (Wildman–Crippen MR) is 80.0 cm³/mol. The van der Waals surface area contributed by atoms with Gasteiger partial charge in [-0.15, -0.1) is 0 Å². The van der Waals surface area contributed by atoms with E-state index in [1.807, 2.05) is 0 Å². The van der Waals surface area contributed by atoms with Crippen LogP contribution in [-0.4, -0.2) is 18.0 Å². The molecular weight excluding hydrogens is 236 g/mol. The van der Waals surface area contributed by atoms with Crippen LogP contribution in [0.1, 0.15) is 38.8 Å². The summed E-state index contributed by atoms with van der Waals surface area (Å²) in [6.45, 7) is 8.49.